The molecule has 1 heterocycles. The molecule has 0 fully saturated rings. The lowest BCUT2D eigenvalue weighted by atomic mass is 10.2. The molecular weight excluding hydrogens is 110 g/mol. The molecule has 0 N–H and O–H groups in total. The summed E-state index contributed by atoms with van der Waals surface area (Å²) in [6, 6.07) is 5.96. The van der Waals surface area contributed by atoms with Gasteiger partial charge >= 0.3 is 0 Å². The summed E-state index contributed by atoms with van der Waals surface area (Å²) < 4.78 is 0. The van der Waals surface area contributed by atoms with Crippen LogP contribution in [-0.2, 0) is 6.42 Å². The highest BCUT2D eigenvalue weighted by atomic mass is 14.7. The first-order chi connectivity index (χ1) is 4.43. The molecule has 0 aliphatic rings. The summed E-state index contributed by atoms with van der Waals surface area (Å²) in [5.41, 5.74) is 1.14. The Hall–Kier alpha value is -0.850. The first kappa shape index (κ1) is 6.27. The minimum absolute atomic E-state index is 0.973. The summed E-state index contributed by atoms with van der Waals surface area (Å²) in [6.45, 7) is 2.04. The molecule has 1 radical (unpaired) electrons. The fourth-order valence-electron chi connectivity index (χ4n) is 0.728. The molecule has 9 heavy (non-hydrogen) atoms. The number of hydrogen-bond donors (Lipinski definition) is 0. The van der Waals surface area contributed by atoms with Crippen molar-refractivity contribution in [3.8, 4) is 0 Å². The van der Waals surface area contributed by atoms with Gasteiger partial charge in [-0.05, 0) is 25.0 Å². The van der Waals surface area contributed by atoms with E-state index < -0.39 is 0 Å². The molecular formula is C8H10N. The standard InChI is InChI=1S/C8H10N/c1-2-5-8-6-3-4-7-9-8/h2-4,6-7H,5H2,1H3. The highest BCUT2D eigenvalue weighted by Crippen LogP contribution is 1.95. The number of hydrogen-bond acceptors (Lipinski definition) is 1. The van der Waals surface area contributed by atoms with Crippen molar-refractivity contribution in [3.63, 3.8) is 0 Å². The largest absolute Gasteiger partial charge is 0.261 e. The Morgan fingerprint density at radius 3 is 3.00 bits per heavy atom. The molecule has 1 aromatic heterocycles. The molecule has 1 aromatic rings. The van der Waals surface area contributed by atoms with Crippen LogP contribution in [0.25, 0.3) is 0 Å². The molecule has 0 unspecified atom stereocenters. The fourth-order valence-corrected chi connectivity index (χ4v) is 0.728. The van der Waals surface area contributed by atoms with Gasteiger partial charge in [0.05, 0.1) is 0 Å². The second kappa shape index (κ2) is 3.23. The second-order valence-corrected chi connectivity index (χ2v) is 1.93. The molecule has 1 rings (SSSR count). The third-order valence-electron chi connectivity index (χ3n) is 1.14. The van der Waals surface area contributed by atoms with Crippen molar-refractivity contribution in [1.82, 2.24) is 4.98 Å². The van der Waals surface area contributed by atoms with Crippen LogP contribution in [0.3, 0.4) is 0 Å². The third-order valence-corrected chi connectivity index (χ3v) is 1.14. The highest BCUT2D eigenvalue weighted by molar-refractivity contribution is 5.05. The summed E-state index contributed by atoms with van der Waals surface area (Å²) >= 11 is 0. The van der Waals surface area contributed by atoms with E-state index in [-0.39, 0.29) is 0 Å². The van der Waals surface area contributed by atoms with Gasteiger partial charge in [0.25, 0.3) is 0 Å². The van der Waals surface area contributed by atoms with Gasteiger partial charge in [-0.3, -0.25) is 4.98 Å². The van der Waals surface area contributed by atoms with Crippen LogP contribution in [0.1, 0.15) is 12.6 Å². The maximum Gasteiger partial charge on any atom is 0.0406 e. The van der Waals surface area contributed by atoms with Gasteiger partial charge < -0.3 is 0 Å². The van der Waals surface area contributed by atoms with E-state index in [1.54, 1.807) is 0 Å². The van der Waals surface area contributed by atoms with E-state index in [1.807, 2.05) is 31.3 Å². The molecule has 0 amide bonds. The Morgan fingerprint density at radius 2 is 2.44 bits per heavy atom. The maximum atomic E-state index is 4.14. The summed E-state index contributed by atoms with van der Waals surface area (Å²) in [5, 5.41) is 0. The quantitative estimate of drug-likeness (QED) is 0.580. The molecule has 0 bridgehead atoms. The van der Waals surface area contributed by atoms with Crippen LogP contribution < -0.4 is 0 Å². The number of rotatable bonds is 2. The smallest absolute Gasteiger partial charge is 0.0406 e. The monoisotopic (exact) mass is 120 g/mol. The minimum Gasteiger partial charge on any atom is -0.261 e. The predicted molar refractivity (Wildman–Crippen MR) is 37.9 cm³/mol. The summed E-state index contributed by atoms with van der Waals surface area (Å²) in [6.07, 6.45) is 4.89. The summed E-state index contributed by atoms with van der Waals surface area (Å²) in [4.78, 5) is 4.14. The molecule has 0 aromatic carbocycles. The van der Waals surface area contributed by atoms with E-state index in [2.05, 4.69) is 11.4 Å². The van der Waals surface area contributed by atoms with Gasteiger partial charge in [-0.1, -0.05) is 13.0 Å². The van der Waals surface area contributed by atoms with E-state index in [4.69, 9.17) is 0 Å². The number of pyridine rings is 1. The molecule has 0 aliphatic heterocycles. The molecule has 0 aliphatic carbocycles. The van der Waals surface area contributed by atoms with Crippen molar-refractivity contribution in [2.75, 3.05) is 0 Å². The highest BCUT2D eigenvalue weighted by Gasteiger charge is 1.86. The average molecular weight is 120 g/mol. The van der Waals surface area contributed by atoms with Crippen molar-refractivity contribution in [2.45, 2.75) is 13.3 Å². The third kappa shape index (κ3) is 1.84. The molecule has 0 saturated carbocycles. The first-order valence-corrected chi connectivity index (χ1v) is 3.11. The van der Waals surface area contributed by atoms with Crippen molar-refractivity contribution >= 4 is 0 Å². The lowest BCUT2D eigenvalue weighted by Crippen LogP contribution is -1.85. The van der Waals surface area contributed by atoms with Gasteiger partial charge in [0.15, 0.2) is 0 Å². The van der Waals surface area contributed by atoms with E-state index in [0.717, 1.165) is 12.1 Å². The zero-order valence-electron chi connectivity index (χ0n) is 5.54. The van der Waals surface area contributed by atoms with Crippen LogP contribution in [0.5, 0.6) is 0 Å². The van der Waals surface area contributed by atoms with Crippen molar-refractivity contribution in [3.05, 3.63) is 36.5 Å². The van der Waals surface area contributed by atoms with Crippen LogP contribution in [0.4, 0.5) is 0 Å². The van der Waals surface area contributed by atoms with Crippen molar-refractivity contribution < 1.29 is 0 Å². The maximum absolute atomic E-state index is 4.14. The van der Waals surface area contributed by atoms with Gasteiger partial charge in [-0.2, -0.15) is 0 Å². The SMILES string of the molecule is C[CH]Cc1ccccn1. The van der Waals surface area contributed by atoms with Crippen LogP contribution in [0.2, 0.25) is 0 Å². The van der Waals surface area contributed by atoms with Crippen molar-refractivity contribution in [1.29, 1.82) is 0 Å². The average Bonchev–Trinajstić information content (AvgIpc) is 1.91. The summed E-state index contributed by atoms with van der Waals surface area (Å²) in [7, 11) is 0. The second-order valence-electron chi connectivity index (χ2n) is 1.93. The fraction of sp³-hybridized carbons (Fsp3) is 0.250. The first-order valence-electron chi connectivity index (χ1n) is 3.11. The van der Waals surface area contributed by atoms with E-state index >= 15 is 0 Å². The van der Waals surface area contributed by atoms with E-state index in [1.165, 1.54) is 0 Å². The van der Waals surface area contributed by atoms with Gasteiger partial charge in [0, 0.05) is 11.9 Å². The Kier molecular flexibility index (Phi) is 2.25. The topological polar surface area (TPSA) is 12.9 Å². The van der Waals surface area contributed by atoms with Gasteiger partial charge in [-0.15, -0.1) is 0 Å². The van der Waals surface area contributed by atoms with Gasteiger partial charge in [0.1, 0.15) is 0 Å². The van der Waals surface area contributed by atoms with Crippen LogP contribution in [0, 0.1) is 6.42 Å². The Balaban J connectivity index is 2.61. The lowest BCUT2D eigenvalue weighted by Gasteiger charge is -1.92. The lowest BCUT2D eigenvalue weighted by molar-refractivity contribution is 1.04. The van der Waals surface area contributed by atoms with Crippen molar-refractivity contribution in [2.24, 2.45) is 0 Å². The van der Waals surface area contributed by atoms with E-state index in [9.17, 15) is 0 Å². The zero-order valence-corrected chi connectivity index (χ0v) is 5.54. The minimum atomic E-state index is 0.973. The Bertz CT molecular complexity index is 157. The normalized spacial score (nSPS) is 9.44. The number of aromatic nitrogens is 1. The van der Waals surface area contributed by atoms with Crippen LogP contribution in [0.15, 0.2) is 24.4 Å². The molecule has 0 saturated heterocycles. The molecule has 0 atom stereocenters. The molecule has 1 heteroatoms. The molecule has 1 nitrogen and oxygen atoms in total. The van der Waals surface area contributed by atoms with Crippen LogP contribution in [-0.4, -0.2) is 4.98 Å². The zero-order chi connectivity index (χ0) is 6.53. The Morgan fingerprint density at radius 1 is 1.56 bits per heavy atom. The number of nitrogens with zero attached hydrogens (tertiary/aromatic N) is 1. The van der Waals surface area contributed by atoms with Gasteiger partial charge in [0.2, 0.25) is 0 Å². The summed E-state index contributed by atoms with van der Waals surface area (Å²) in [5.74, 6) is 0. The van der Waals surface area contributed by atoms with Crippen LogP contribution >= 0.6 is 0 Å². The molecule has 47 valence electrons. The van der Waals surface area contributed by atoms with E-state index in [0.29, 0.717) is 0 Å². The van der Waals surface area contributed by atoms with Gasteiger partial charge in [-0.25, -0.2) is 0 Å². The molecule has 0 spiro atoms. The predicted octanol–water partition coefficient (Wildman–Crippen LogP) is 1.85. The Labute approximate surface area is 55.7 Å².